The van der Waals surface area contributed by atoms with E-state index in [1.165, 1.54) is 16.0 Å². The van der Waals surface area contributed by atoms with Gasteiger partial charge in [0.25, 0.3) is 5.91 Å². The maximum absolute atomic E-state index is 13.8. The minimum atomic E-state index is -0.111. The number of carbonyl (C=O) groups is 2. The van der Waals surface area contributed by atoms with Crippen molar-refractivity contribution in [2.45, 2.75) is 52.6 Å². The van der Waals surface area contributed by atoms with Crippen LogP contribution in [0.1, 0.15) is 63.8 Å². The van der Waals surface area contributed by atoms with Gasteiger partial charge in [-0.1, -0.05) is 55.0 Å². The average molecular weight is 461 g/mol. The third-order valence-corrected chi connectivity index (χ3v) is 7.74. The van der Waals surface area contributed by atoms with Crippen LogP contribution in [0, 0.1) is 13.8 Å². The van der Waals surface area contributed by atoms with Crippen LogP contribution in [0.3, 0.4) is 0 Å². The summed E-state index contributed by atoms with van der Waals surface area (Å²) in [6, 6.07) is 18.1. The van der Waals surface area contributed by atoms with Gasteiger partial charge in [0.15, 0.2) is 0 Å². The van der Waals surface area contributed by atoms with Gasteiger partial charge < -0.3 is 9.80 Å². The van der Waals surface area contributed by atoms with Gasteiger partial charge in [-0.15, -0.1) is 11.3 Å². The predicted octanol–water partition coefficient (Wildman–Crippen LogP) is 5.78. The molecule has 0 aliphatic carbocycles. The van der Waals surface area contributed by atoms with Crippen molar-refractivity contribution in [1.82, 2.24) is 9.80 Å². The Morgan fingerprint density at radius 2 is 1.82 bits per heavy atom. The Kier molecular flexibility index (Phi) is 6.99. The first-order valence-corrected chi connectivity index (χ1v) is 12.6. The van der Waals surface area contributed by atoms with Crippen LogP contribution in [0.2, 0.25) is 0 Å². The SMILES string of the molecule is CCC(C)N(CC(=O)N1CCc2sccc2C1c1ccc(C)cc1)C(=O)c1ccccc1C. The molecule has 1 aromatic heterocycles. The Bertz CT molecular complexity index is 1130. The van der Waals surface area contributed by atoms with Crippen molar-refractivity contribution in [2.75, 3.05) is 13.1 Å². The Morgan fingerprint density at radius 3 is 2.52 bits per heavy atom. The van der Waals surface area contributed by atoms with E-state index in [9.17, 15) is 9.59 Å². The fourth-order valence-corrected chi connectivity index (χ4v) is 5.45. The maximum atomic E-state index is 13.8. The van der Waals surface area contributed by atoms with Crippen LogP contribution in [-0.4, -0.2) is 40.7 Å². The molecule has 0 saturated heterocycles. The number of amides is 2. The summed E-state index contributed by atoms with van der Waals surface area (Å²) >= 11 is 1.76. The summed E-state index contributed by atoms with van der Waals surface area (Å²) in [7, 11) is 0. The third kappa shape index (κ3) is 4.74. The molecule has 2 amide bonds. The summed E-state index contributed by atoms with van der Waals surface area (Å²) in [4.78, 5) is 32.3. The van der Waals surface area contributed by atoms with Crippen molar-refractivity contribution in [3.63, 3.8) is 0 Å². The normalized spacial score (nSPS) is 16.2. The summed E-state index contributed by atoms with van der Waals surface area (Å²) in [5, 5.41) is 2.12. The molecule has 5 heteroatoms. The average Bonchev–Trinajstić information content (AvgIpc) is 3.31. The van der Waals surface area contributed by atoms with Gasteiger partial charge in [0, 0.05) is 23.0 Å². The lowest BCUT2D eigenvalue weighted by molar-refractivity contribution is -0.134. The van der Waals surface area contributed by atoms with E-state index in [4.69, 9.17) is 0 Å². The number of aryl methyl sites for hydroxylation is 2. The number of thiophene rings is 1. The number of fused-ring (bicyclic) bond motifs is 1. The molecule has 3 aromatic rings. The highest BCUT2D eigenvalue weighted by atomic mass is 32.1. The van der Waals surface area contributed by atoms with Crippen LogP contribution in [0.4, 0.5) is 0 Å². The minimum Gasteiger partial charge on any atom is -0.330 e. The van der Waals surface area contributed by atoms with E-state index in [0.717, 1.165) is 24.0 Å². The first-order valence-electron chi connectivity index (χ1n) is 11.7. The fraction of sp³-hybridized carbons (Fsp3) is 0.357. The van der Waals surface area contributed by atoms with Crippen LogP contribution in [0.15, 0.2) is 60.0 Å². The lowest BCUT2D eigenvalue weighted by Gasteiger charge is -2.38. The molecular formula is C28H32N2O2S. The highest BCUT2D eigenvalue weighted by Crippen LogP contribution is 2.38. The fourth-order valence-electron chi connectivity index (χ4n) is 4.55. The highest BCUT2D eigenvalue weighted by molar-refractivity contribution is 7.10. The zero-order valence-electron chi connectivity index (χ0n) is 19.9. The first-order chi connectivity index (χ1) is 15.9. The van der Waals surface area contributed by atoms with Gasteiger partial charge in [0.05, 0.1) is 6.04 Å². The molecule has 0 spiro atoms. The predicted molar refractivity (Wildman–Crippen MR) is 135 cm³/mol. The molecule has 4 nitrogen and oxygen atoms in total. The number of nitrogens with zero attached hydrogens (tertiary/aromatic N) is 2. The summed E-state index contributed by atoms with van der Waals surface area (Å²) in [5.41, 5.74) is 5.13. The molecule has 2 atom stereocenters. The Balaban J connectivity index is 1.65. The van der Waals surface area contributed by atoms with E-state index < -0.39 is 0 Å². The molecule has 0 saturated carbocycles. The van der Waals surface area contributed by atoms with Crippen LogP contribution in [-0.2, 0) is 11.2 Å². The summed E-state index contributed by atoms with van der Waals surface area (Å²) in [6.45, 7) is 8.85. The number of benzene rings is 2. The maximum Gasteiger partial charge on any atom is 0.254 e. The summed E-state index contributed by atoms with van der Waals surface area (Å²) in [6.07, 6.45) is 1.65. The van der Waals surface area contributed by atoms with Crippen LogP contribution < -0.4 is 0 Å². The molecule has 4 rings (SSSR count). The molecule has 172 valence electrons. The molecule has 0 fully saturated rings. The number of hydrogen-bond acceptors (Lipinski definition) is 3. The topological polar surface area (TPSA) is 40.6 Å². The number of rotatable bonds is 6. The molecule has 2 heterocycles. The monoisotopic (exact) mass is 460 g/mol. The molecule has 0 N–H and O–H groups in total. The molecule has 1 aliphatic rings. The van der Waals surface area contributed by atoms with E-state index in [1.54, 1.807) is 16.2 Å². The van der Waals surface area contributed by atoms with E-state index in [2.05, 4.69) is 49.6 Å². The van der Waals surface area contributed by atoms with Gasteiger partial charge in [-0.2, -0.15) is 0 Å². The van der Waals surface area contributed by atoms with Crippen molar-refractivity contribution < 1.29 is 9.59 Å². The molecule has 2 aromatic carbocycles. The van der Waals surface area contributed by atoms with Gasteiger partial charge in [0.2, 0.25) is 5.91 Å². The Morgan fingerprint density at radius 1 is 1.09 bits per heavy atom. The zero-order chi connectivity index (χ0) is 23.5. The second-order valence-corrected chi connectivity index (χ2v) is 9.96. The van der Waals surface area contributed by atoms with E-state index in [-0.39, 0.29) is 30.4 Å². The summed E-state index contributed by atoms with van der Waals surface area (Å²) < 4.78 is 0. The highest BCUT2D eigenvalue weighted by Gasteiger charge is 2.35. The molecule has 0 radical (unpaired) electrons. The van der Waals surface area contributed by atoms with Gasteiger partial charge in [-0.05, 0) is 67.8 Å². The van der Waals surface area contributed by atoms with Crippen molar-refractivity contribution in [2.24, 2.45) is 0 Å². The van der Waals surface area contributed by atoms with Gasteiger partial charge in [0.1, 0.15) is 6.54 Å². The van der Waals surface area contributed by atoms with E-state index in [0.29, 0.717) is 12.1 Å². The Hall–Kier alpha value is -2.92. The molecule has 33 heavy (non-hydrogen) atoms. The standard InChI is InChI=1S/C28H32N2O2S/c1-5-21(4)30(28(32)23-9-7-6-8-20(23)3)18-26(31)29-16-14-25-24(15-17-33-25)27(29)22-12-10-19(2)11-13-22/h6-13,15,17,21,27H,5,14,16,18H2,1-4H3. The zero-order valence-corrected chi connectivity index (χ0v) is 20.7. The smallest absolute Gasteiger partial charge is 0.254 e. The quantitative estimate of drug-likeness (QED) is 0.468. The van der Waals surface area contributed by atoms with Crippen molar-refractivity contribution in [3.8, 4) is 0 Å². The minimum absolute atomic E-state index is 0.000316. The van der Waals surface area contributed by atoms with Gasteiger partial charge in [-0.25, -0.2) is 0 Å². The Labute approximate surface area is 200 Å². The van der Waals surface area contributed by atoms with E-state index >= 15 is 0 Å². The molecule has 2 unspecified atom stereocenters. The second kappa shape index (κ2) is 9.92. The largest absolute Gasteiger partial charge is 0.330 e. The van der Waals surface area contributed by atoms with Crippen LogP contribution in [0.25, 0.3) is 0 Å². The van der Waals surface area contributed by atoms with Crippen LogP contribution >= 0.6 is 11.3 Å². The second-order valence-electron chi connectivity index (χ2n) is 8.95. The van der Waals surface area contributed by atoms with Gasteiger partial charge >= 0.3 is 0 Å². The van der Waals surface area contributed by atoms with Gasteiger partial charge in [-0.3, -0.25) is 9.59 Å². The van der Waals surface area contributed by atoms with E-state index in [1.807, 2.05) is 43.0 Å². The summed E-state index contributed by atoms with van der Waals surface area (Å²) in [5.74, 6) is -0.0735. The lowest BCUT2D eigenvalue weighted by atomic mass is 9.92. The molecule has 0 bridgehead atoms. The molecule has 1 aliphatic heterocycles. The third-order valence-electron chi connectivity index (χ3n) is 6.74. The lowest BCUT2D eigenvalue weighted by Crippen LogP contribution is -2.49. The molecular weight excluding hydrogens is 428 g/mol. The van der Waals surface area contributed by atoms with Crippen molar-refractivity contribution >= 4 is 23.2 Å². The first kappa shape index (κ1) is 23.2. The number of carbonyl (C=O) groups excluding carboxylic acids is 2. The van der Waals surface area contributed by atoms with Crippen molar-refractivity contribution in [3.05, 3.63) is 92.7 Å². The van der Waals surface area contributed by atoms with Crippen LogP contribution in [0.5, 0.6) is 0 Å². The number of hydrogen-bond donors (Lipinski definition) is 0. The van der Waals surface area contributed by atoms with Crippen molar-refractivity contribution in [1.29, 1.82) is 0 Å².